The van der Waals surface area contributed by atoms with Gasteiger partial charge in [-0.3, -0.25) is 9.36 Å². The fraction of sp³-hybridized carbons (Fsp3) is 0.154. The number of thiophene rings is 1. The number of benzene rings is 1. The van der Waals surface area contributed by atoms with Gasteiger partial charge < -0.3 is 14.3 Å². The Balaban J connectivity index is 1.59. The normalized spacial score (nSPS) is 15.4. The van der Waals surface area contributed by atoms with Crippen molar-refractivity contribution >= 4 is 52.3 Å². The summed E-state index contributed by atoms with van der Waals surface area (Å²) >= 11 is 8.61. The number of aromatic carboxylic acids is 1. The van der Waals surface area contributed by atoms with Crippen molar-refractivity contribution in [2.75, 3.05) is 6.61 Å². The van der Waals surface area contributed by atoms with Gasteiger partial charge in [0.15, 0.2) is 4.80 Å². The lowest BCUT2D eigenvalue weighted by Gasteiger charge is -2.23. The Labute approximate surface area is 223 Å². The predicted molar refractivity (Wildman–Crippen MR) is 141 cm³/mol. The van der Waals surface area contributed by atoms with E-state index in [9.17, 15) is 19.5 Å². The number of nitrogens with zero attached hydrogens (tertiary/aromatic N) is 2. The van der Waals surface area contributed by atoms with Crippen LogP contribution >= 0.6 is 34.3 Å². The summed E-state index contributed by atoms with van der Waals surface area (Å²) < 4.78 is 13.1. The number of carboxylic acids is 1. The van der Waals surface area contributed by atoms with E-state index in [1.54, 1.807) is 38.1 Å². The van der Waals surface area contributed by atoms with Crippen LogP contribution in [-0.4, -0.2) is 28.2 Å². The first-order valence-corrected chi connectivity index (χ1v) is 13.2. The van der Waals surface area contributed by atoms with Crippen LogP contribution < -0.4 is 14.9 Å². The van der Waals surface area contributed by atoms with E-state index in [0.29, 0.717) is 37.7 Å². The molecule has 0 bridgehead atoms. The van der Waals surface area contributed by atoms with Gasteiger partial charge in [0.25, 0.3) is 5.56 Å². The Morgan fingerprint density at radius 3 is 2.78 bits per heavy atom. The maximum Gasteiger partial charge on any atom is 0.338 e. The molecule has 0 radical (unpaired) electrons. The van der Waals surface area contributed by atoms with E-state index in [1.807, 2.05) is 17.5 Å². The van der Waals surface area contributed by atoms with Gasteiger partial charge in [0.2, 0.25) is 0 Å². The molecule has 1 N–H and O–H groups in total. The SMILES string of the molecule is CCOC(=O)C1=C(C)N=c2s/c(=C/c3ccc(-c4ccc(Cl)c(C(=O)O)c4)o3)c(=O)n2C1c1cccs1. The summed E-state index contributed by atoms with van der Waals surface area (Å²) in [5.74, 6) is -0.815. The number of carboxylic acid groups (broad SMARTS) is 1. The molecule has 1 aliphatic rings. The van der Waals surface area contributed by atoms with Gasteiger partial charge in [0.1, 0.15) is 17.6 Å². The number of aromatic nitrogens is 1. The zero-order valence-corrected chi connectivity index (χ0v) is 21.9. The van der Waals surface area contributed by atoms with E-state index in [0.717, 1.165) is 4.88 Å². The minimum Gasteiger partial charge on any atom is -0.478 e. The van der Waals surface area contributed by atoms with Gasteiger partial charge in [-0.05, 0) is 55.6 Å². The number of thiazole rings is 1. The summed E-state index contributed by atoms with van der Waals surface area (Å²) in [5, 5.41) is 11.4. The third-order valence-electron chi connectivity index (χ3n) is 5.71. The lowest BCUT2D eigenvalue weighted by atomic mass is 10.0. The maximum atomic E-state index is 13.6. The molecule has 0 amide bonds. The fourth-order valence-electron chi connectivity index (χ4n) is 4.06. The van der Waals surface area contributed by atoms with Crippen molar-refractivity contribution in [1.29, 1.82) is 0 Å². The molecule has 11 heteroatoms. The zero-order valence-electron chi connectivity index (χ0n) is 19.6. The second-order valence-electron chi connectivity index (χ2n) is 8.02. The molecule has 1 aromatic carbocycles. The summed E-state index contributed by atoms with van der Waals surface area (Å²) in [4.78, 5) is 43.7. The topological polar surface area (TPSA) is 111 Å². The van der Waals surface area contributed by atoms with Crippen LogP contribution in [0, 0.1) is 0 Å². The number of hydrogen-bond donors (Lipinski definition) is 1. The Kier molecular flexibility index (Phi) is 6.72. The number of hydrogen-bond acceptors (Lipinski definition) is 8. The molecule has 1 aliphatic heterocycles. The van der Waals surface area contributed by atoms with Gasteiger partial charge in [0, 0.05) is 16.5 Å². The van der Waals surface area contributed by atoms with Gasteiger partial charge in [-0.2, -0.15) is 0 Å². The number of carbonyl (C=O) groups is 2. The number of carbonyl (C=O) groups excluding carboxylic acids is 1. The highest BCUT2D eigenvalue weighted by atomic mass is 35.5. The largest absolute Gasteiger partial charge is 0.478 e. The average Bonchev–Trinajstić information content (AvgIpc) is 3.61. The molecule has 0 aliphatic carbocycles. The molecule has 5 rings (SSSR count). The number of halogens is 1. The van der Waals surface area contributed by atoms with Crippen LogP contribution in [0.4, 0.5) is 0 Å². The molecule has 0 fully saturated rings. The third-order valence-corrected chi connectivity index (χ3v) is 7.95. The van der Waals surface area contributed by atoms with Crippen LogP contribution in [0.3, 0.4) is 0 Å². The molecule has 4 heterocycles. The van der Waals surface area contributed by atoms with Crippen molar-refractivity contribution in [2.24, 2.45) is 4.99 Å². The maximum absolute atomic E-state index is 13.6. The van der Waals surface area contributed by atoms with Crippen molar-refractivity contribution in [1.82, 2.24) is 4.57 Å². The highest BCUT2D eigenvalue weighted by Crippen LogP contribution is 2.33. The number of allylic oxidation sites excluding steroid dienone is 1. The van der Waals surface area contributed by atoms with Crippen LogP contribution in [0.1, 0.15) is 40.9 Å². The average molecular weight is 555 g/mol. The molecule has 1 atom stereocenters. The van der Waals surface area contributed by atoms with Gasteiger partial charge in [-0.25, -0.2) is 14.6 Å². The molecule has 1 unspecified atom stereocenters. The van der Waals surface area contributed by atoms with Crippen molar-refractivity contribution in [3.63, 3.8) is 0 Å². The van der Waals surface area contributed by atoms with E-state index < -0.39 is 18.0 Å². The fourth-order valence-corrected chi connectivity index (χ4v) is 6.11. The van der Waals surface area contributed by atoms with E-state index in [-0.39, 0.29) is 22.8 Å². The van der Waals surface area contributed by atoms with Gasteiger partial charge >= 0.3 is 11.9 Å². The van der Waals surface area contributed by atoms with Gasteiger partial charge in [-0.15, -0.1) is 11.3 Å². The van der Waals surface area contributed by atoms with Crippen molar-refractivity contribution in [2.45, 2.75) is 19.9 Å². The first-order chi connectivity index (χ1) is 17.8. The molecule has 0 saturated heterocycles. The van der Waals surface area contributed by atoms with Gasteiger partial charge in [-0.1, -0.05) is 29.0 Å². The summed E-state index contributed by atoms with van der Waals surface area (Å²) in [6.45, 7) is 3.67. The number of fused-ring (bicyclic) bond motifs is 1. The van der Waals surface area contributed by atoms with E-state index >= 15 is 0 Å². The lowest BCUT2D eigenvalue weighted by molar-refractivity contribution is -0.139. The molecule has 4 aromatic rings. The first-order valence-electron chi connectivity index (χ1n) is 11.1. The smallest absolute Gasteiger partial charge is 0.338 e. The molecule has 0 saturated carbocycles. The lowest BCUT2D eigenvalue weighted by Crippen LogP contribution is -2.39. The molecule has 37 heavy (non-hydrogen) atoms. The molecular formula is C26H19ClN2O6S2. The van der Waals surface area contributed by atoms with E-state index in [2.05, 4.69) is 4.99 Å². The molecule has 3 aromatic heterocycles. The van der Waals surface area contributed by atoms with E-state index in [4.69, 9.17) is 20.8 Å². The van der Waals surface area contributed by atoms with Crippen LogP contribution in [-0.2, 0) is 9.53 Å². The third kappa shape index (κ3) is 4.59. The number of esters is 1. The molecule has 188 valence electrons. The number of ether oxygens (including phenoxy) is 1. The monoisotopic (exact) mass is 554 g/mol. The Bertz CT molecular complexity index is 1740. The summed E-state index contributed by atoms with van der Waals surface area (Å²) in [6, 6.07) is 11.1. The molecule has 0 spiro atoms. The molecular weight excluding hydrogens is 536 g/mol. The zero-order chi connectivity index (χ0) is 26.3. The quantitative estimate of drug-likeness (QED) is 0.352. The van der Waals surface area contributed by atoms with Crippen LogP contribution in [0.25, 0.3) is 17.4 Å². The predicted octanol–water partition coefficient (Wildman–Crippen LogP) is 4.47. The summed E-state index contributed by atoms with van der Waals surface area (Å²) in [7, 11) is 0. The van der Waals surface area contributed by atoms with Crippen LogP contribution in [0.2, 0.25) is 5.02 Å². The van der Waals surface area contributed by atoms with E-state index in [1.165, 1.54) is 39.4 Å². The number of rotatable bonds is 6. The second-order valence-corrected chi connectivity index (χ2v) is 10.4. The minimum absolute atomic E-state index is 0.0354. The Hall–Kier alpha value is -3.73. The van der Waals surface area contributed by atoms with Crippen molar-refractivity contribution in [3.8, 4) is 11.3 Å². The molecule has 8 nitrogen and oxygen atoms in total. The summed E-state index contributed by atoms with van der Waals surface area (Å²) in [5.41, 5.74) is 1.03. The Morgan fingerprint density at radius 2 is 2.08 bits per heavy atom. The van der Waals surface area contributed by atoms with Crippen LogP contribution in [0.5, 0.6) is 0 Å². The van der Waals surface area contributed by atoms with Crippen molar-refractivity contribution < 1.29 is 23.8 Å². The van der Waals surface area contributed by atoms with Crippen LogP contribution in [0.15, 0.2) is 73.3 Å². The standard InChI is InChI=1S/C26H19ClN2O6S2/c1-3-34-25(33)21-13(2)28-26-29(22(21)19-5-4-10-36-19)23(30)20(37-26)12-15-7-9-18(35-15)14-6-8-17(27)16(11-14)24(31)32/h4-12,22H,3H2,1-2H3,(H,31,32)/b20-12+. The Morgan fingerprint density at radius 1 is 1.27 bits per heavy atom. The minimum atomic E-state index is -1.14. The van der Waals surface area contributed by atoms with Crippen molar-refractivity contribution in [3.05, 3.63) is 100 Å². The highest BCUT2D eigenvalue weighted by molar-refractivity contribution is 7.10. The second kappa shape index (κ2) is 9.97. The first kappa shape index (κ1) is 24.9. The summed E-state index contributed by atoms with van der Waals surface area (Å²) in [6.07, 6.45) is 1.61. The van der Waals surface area contributed by atoms with Gasteiger partial charge in [0.05, 0.1) is 33.0 Å². The number of furan rings is 1. The highest BCUT2D eigenvalue weighted by Gasteiger charge is 2.33.